The number of methoxy groups -OCH3 is 1. The maximum Gasteiger partial charge on any atom is 0.416 e. The number of hydrogen-bond acceptors (Lipinski definition) is 2. The summed E-state index contributed by atoms with van der Waals surface area (Å²) in [5.41, 5.74) is 0.0113. The Balaban J connectivity index is 2.25. The molecule has 2 nitrogen and oxygen atoms in total. The van der Waals surface area contributed by atoms with Crippen LogP contribution in [0, 0.1) is 6.92 Å². The van der Waals surface area contributed by atoms with Gasteiger partial charge in [0.25, 0.3) is 0 Å². The maximum atomic E-state index is 12.8. The van der Waals surface area contributed by atoms with Gasteiger partial charge in [0.15, 0.2) is 0 Å². The van der Waals surface area contributed by atoms with Crippen LogP contribution in [0.3, 0.4) is 0 Å². The van der Waals surface area contributed by atoms with Gasteiger partial charge in [-0.15, -0.1) is 0 Å². The van der Waals surface area contributed by atoms with Gasteiger partial charge in [-0.25, -0.2) is 0 Å². The van der Waals surface area contributed by atoms with Crippen molar-refractivity contribution in [1.29, 1.82) is 0 Å². The average Bonchev–Trinajstić information content (AvgIpc) is 2.24. The third-order valence-corrected chi connectivity index (χ3v) is 3.46. The molecule has 0 atom stereocenters. The van der Waals surface area contributed by atoms with Crippen LogP contribution in [-0.2, 0) is 17.3 Å². The smallest absolute Gasteiger partial charge is 0.375 e. The summed E-state index contributed by atoms with van der Waals surface area (Å²) < 4.78 is 43.8. The summed E-state index contributed by atoms with van der Waals surface area (Å²) in [6.45, 7) is 2.83. The Morgan fingerprint density at radius 1 is 1.33 bits per heavy atom. The second kappa shape index (κ2) is 4.55. The molecule has 1 aromatic rings. The molecule has 1 N–H and O–H groups in total. The molecule has 0 spiro atoms. The molecular weight excluding hydrogens is 243 g/mol. The Hall–Kier alpha value is -1.07. The van der Waals surface area contributed by atoms with E-state index < -0.39 is 11.7 Å². The summed E-state index contributed by atoms with van der Waals surface area (Å²) in [6.07, 6.45) is -3.79. The molecule has 5 heteroatoms. The Morgan fingerprint density at radius 2 is 2.00 bits per heavy atom. The van der Waals surface area contributed by atoms with Gasteiger partial charge >= 0.3 is 6.18 Å². The van der Waals surface area contributed by atoms with Crippen molar-refractivity contribution < 1.29 is 17.9 Å². The first-order valence-corrected chi connectivity index (χ1v) is 5.79. The largest absolute Gasteiger partial charge is 0.416 e. The molecule has 0 bridgehead atoms. The lowest BCUT2D eigenvalue weighted by Gasteiger charge is -2.41. The molecule has 0 saturated carbocycles. The molecule has 0 aromatic heterocycles. The topological polar surface area (TPSA) is 21.3 Å². The fourth-order valence-electron chi connectivity index (χ4n) is 2.20. The van der Waals surface area contributed by atoms with E-state index in [9.17, 15) is 13.2 Å². The standard InChI is InChI=1S/C13H16F3NO/c1-9-3-4-10(5-11(9)13(14,15)16)6-12(18-2)7-17-8-12/h3-5,17H,6-8H2,1-2H3. The first-order valence-electron chi connectivity index (χ1n) is 5.79. The molecule has 18 heavy (non-hydrogen) atoms. The zero-order chi connectivity index (χ0) is 13.4. The van der Waals surface area contributed by atoms with Gasteiger partial charge in [0.2, 0.25) is 0 Å². The van der Waals surface area contributed by atoms with Gasteiger partial charge in [-0.2, -0.15) is 13.2 Å². The minimum Gasteiger partial charge on any atom is -0.375 e. The molecule has 2 rings (SSSR count). The van der Waals surface area contributed by atoms with Crippen LogP contribution >= 0.6 is 0 Å². The molecule has 100 valence electrons. The van der Waals surface area contributed by atoms with Crippen LogP contribution in [0.1, 0.15) is 16.7 Å². The van der Waals surface area contributed by atoms with Crippen LogP contribution in [0.4, 0.5) is 13.2 Å². The Morgan fingerprint density at radius 3 is 2.44 bits per heavy atom. The highest BCUT2D eigenvalue weighted by molar-refractivity contribution is 5.34. The van der Waals surface area contributed by atoms with Gasteiger partial charge in [0.05, 0.1) is 11.2 Å². The van der Waals surface area contributed by atoms with E-state index in [-0.39, 0.29) is 11.2 Å². The third kappa shape index (κ3) is 2.52. The van der Waals surface area contributed by atoms with E-state index in [2.05, 4.69) is 5.32 Å². The molecule has 1 heterocycles. The molecule has 0 aliphatic carbocycles. The highest BCUT2D eigenvalue weighted by Gasteiger charge is 2.38. The lowest BCUT2D eigenvalue weighted by molar-refractivity contribution is -0.138. The number of alkyl halides is 3. The fraction of sp³-hybridized carbons (Fsp3) is 0.538. The highest BCUT2D eigenvalue weighted by Crippen LogP contribution is 2.33. The predicted molar refractivity (Wildman–Crippen MR) is 62.5 cm³/mol. The molecule has 1 aliphatic rings. The molecule has 0 unspecified atom stereocenters. The third-order valence-electron chi connectivity index (χ3n) is 3.46. The second-order valence-corrected chi connectivity index (χ2v) is 4.81. The summed E-state index contributed by atoms with van der Waals surface area (Å²) in [5.74, 6) is 0. The van der Waals surface area contributed by atoms with Gasteiger partial charge in [-0.05, 0) is 24.1 Å². The van der Waals surface area contributed by atoms with E-state index in [1.54, 1.807) is 13.2 Å². The van der Waals surface area contributed by atoms with Crippen molar-refractivity contribution in [2.24, 2.45) is 0 Å². The van der Waals surface area contributed by atoms with Crippen LogP contribution in [0.5, 0.6) is 0 Å². The summed E-state index contributed by atoms with van der Waals surface area (Å²) in [7, 11) is 1.60. The van der Waals surface area contributed by atoms with E-state index in [4.69, 9.17) is 4.74 Å². The summed E-state index contributed by atoms with van der Waals surface area (Å²) in [6, 6.07) is 4.49. The quantitative estimate of drug-likeness (QED) is 0.900. The number of ether oxygens (including phenoxy) is 1. The second-order valence-electron chi connectivity index (χ2n) is 4.81. The van der Waals surface area contributed by atoms with Gasteiger partial charge in [-0.3, -0.25) is 0 Å². The number of rotatable bonds is 3. The van der Waals surface area contributed by atoms with E-state index >= 15 is 0 Å². The van der Waals surface area contributed by atoms with Crippen LogP contribution in [0.15, 0.2) is 18.2 Å². The van der Waals surface area contributed by atoms with Crippen LogP contribution in [0.25, 0.3) is 0 Å². The van der Waals surface area contributed by atoms with Crippen molar-refractivity contribution in [2.75, 3.05) is 20.2 Å². The number of nitrogens with one attached hydrogen (secondary N) is 1. The predicted octanol–water partition coefficient (Wildman–Crippen LogP) is 2.54. The lowest BCUT2D eigenvalue weighted by Crippen LogP contribution is -2.61. The highest BCUT2D eigenvalue weighted by atomic mass is 19.4. The van der Waals surface area contributed by atoms with Gasteiger partial charge in [0.1, 0.15) is 0 Å². The lowest BCUT2D eigenvalue weighted by atomic mass is 9.87. The van der Waals surface area contributed by atoms with E-state index in [0.29, 0.717) is 25.1 Å². The normalized spacial score (nSPS) is 18.5. The zero-order valence-electron chi connectivity index (χ0n) is 10.4. The molecule has 0 radical (unpaired) electrons. The van der Waals surface area contributed by atoms with Crippen LogP contribution in [0.2, 0.25) is 0 Å². The Bertz CT molecular complexity index is 433. The van der Waals surface area contributed by atoms with Crippen LogP contribution in [-0.4, -0.2) is 25.8 Å². The molecule has 1 aliphatic heterocycles. The van der Waals surface area contributed by atoms with Crippen molar-refractivity contribution in [1.82, 2.24) is 5.32 Å². The van der Waals surface area contributed by atoms with Crippen molar-refractivity contribution in [2.45, 2.75) is 25.1 Å². The monoisotopic (exact) mass is 259 g/mol. The van der Waals surface area contributed by atoms with Crippen molar-refractivity contribution in [3.05, 3.63) is 34.9 Å². The van der Waals surface area contributed by atoms with Crippen molar-refractivity contribution in [3.63, 3.8) is 0 Å². The van der Waals surface area contributed by atoms with Crippen molar-refractivity contribution in [3.8, 4) is 0 Å². The zero-order valence-corrected chi connectivity index (χ0v) is 10.4. The Kier molecular flexibility index (Phi) is 3.38. The van der Waals surface area contributed by atoms with E-state index in [0.717, 1.165) is 0 Å². The minimum absolute atomic E-state index is 0.254. The minimum atomic E-state index is -4.29. The van der Waals surface area contributed by atoms with Gasteiger partial charge in [0, 0.05) is 26.6 Å². The molecule has 1 saturated heterocycles. The van der Waals surface area contributed by atoms with Crippen LogP contribution < -0.4 is 5.32 Å². The van der Waals surface area contributed by atoms with Gasteiger partial charge in [-0.1, -0.05) is 12.1 Å². The fourth-order valence-corrected chi connectivity index (χ4v) is 2.20. The first-order chi connectivity index (χ1) is 8.36. The first kappa shape index (κ1) is 13.4. The van der Waals surface area contributed by atoms with E-state index in [1.807, 2.05) is 0 Å². The Labute approximate surface area is 104 Å². The van der Waals surface area contributed by atoms with E-state index in [1.165, 1.54) is 19.1 Å². The number of benzene rings is 1. The number of hydrogen-bond donors (Lipinski definition) is 1. The number of aryl methyl sites for hydroxylation is 1. The summed E-state index contributed by atoms with van der Waals surface area (Å²) >= 11 is 0. The summed E-state index contributed by atoms with van der Waals surface area (Å²) in [5, 5.41) is 3.08. The maximum absolute atomic E-state index is 12.8. The van der Waals surface area contributed by atoms with Gasteiger partial charge < -0.3 is 10.1 Å². The molecular formula is C13H16F3NO. The number of halogens is 3. The van der Waals surface area contributed by atoms with Crippen molar-refractivity contribution >= 4 is 0 Å². The SMILES string of the molecule is COC1(Cc2ccc(C)c(C(F)(F)F)c2)CNC1. The molecule has 1 fully saturated rings. The average molecular weight is 259 g/mol. The summed E-state index contributed by atoms with van der Waals surface area (Å²) in [4.78, 5) is 0. The molecule has 1 aromatic carbocycles. The molecule has 0 amide bonds.